The Hall–Kier alpha value is -3.03. The van der Waals surface area contributed by atoms with Crippen molar-refractivity contribution in [2.75, 3.05) is 38.3 Å². The highest BCUT2D eigenvalue weighted by atomic mass is 16.5. The van der Waals surface area contributed by atoms with Crippen molar-refractivity contribution in [3.05, 3.63) is 60.2 Å². The van der Waals surface area contributed by atoms with Gasteiger partial charge >= 0.3 is 0 Å². The topological polar surface area (TPSA) is 45.5 Å². The predicted octanol–water partition coefficient (Wildman–Crippen LogP) is 5.64. The van der Waals surface area contributed by atoms with Gasteiger partial charge < -0.3 is 14.4 Å². The quantitative estimate of drug-likeness (QED) is 0.445. The van der Waals surface area contributed by atoms with Gasteiger partial charge in [0.15, 0.2) is 0 Å². The number of hydrogen-bond donors (Lipinski definition) is 0. The summed E-state index contributed by atoms with van der Waals surface area (Å²) in [6.07, 6.45) is 1.13. The minimum Gasteiger partial charge on any atom is -0.490 e. The third kappa shape index (κ3) is 4.70. The van der Waals surface area contributed by atoms with Crippen molar-refractivity contribution in [1.29, 1.82) is 5.26 Å². The molecule has 3 rings (SSSR count). The van der Waals surface area contributed by atoms with E-state index < -0.39 is 0 Å². The van der Waals surface area contributed by atoms with Crippen molar-refractivity contribution < 1.29 is 9.47 Å². The third-order valence-electron chi connectivity index (χ3n) is 5.06. The first-order chi connectivity index (χ1) is 14.2. The molecule has 0 aliphatic heterocycles. The Labute approximate surface area is 173 Å². The van der Waals surface area contributed by atoms with Crippen LogP contribution in [0.3, 0.4) is 0 Å². The minimum absolute atomic E-state index is 0.417. The maximum Gasteiger partial charge on any atom is 0.137 e. The van der Waals surface area contributed by atoms with Crippen molar-refractivity contribution >= 4 is 16.5 Å². The first-order valence-electron chi connectivity index (χ1n) is 10.2. The minimum atomic E-state index is 0.417. The molecular weight excluding hydrogens is 360 g/mol. The number of nitrogens with zero attached hydrogens (tertiary/aromatic N) is 2. The van der Waals surface area contributed by atoms with Gasteiger partial charge in [-0.3, -0.25) is 0 Å². The molecular formula is C25H28N2O2. The van der Waals surface area contributed by atoms with E-state index in [4.69, 9.17) is 9.47 Å². The van der Waals surface area contributed by atoms with Crippen molar-refractivity contribution in [2.45, 2.75) is 20.3 Å². The highest BCUT2D eigenvalue weighted by Gasteiger charge is 2.12. The lowest BCUT2D eigenvalue weighted by Gasteiger charge is -2.23. The van der Waals surface area contributed by atoms with E-state index in [-0.39, 0.29) is 0 Å². The van der Waals surface area contributed by atoms with Crippen LogP contribution in [0.15, 0.2) is 54.6 Å². The molecule has 29 heavy (non-hydrogen) atoms. The maximum absolute atomic E-state index is 9.74. The Morgan fingerprint density at radius 1 is 0.966 bits per heavy atom. The molecule has 0 aliphatic rings. The number of benzene rings is 3. The molecule has 0 radical (unpaired) electrons. The molecule has 0 fully saturated rings. The van der Waals surface area contributed by atoms with Crippen molar-refractivity contribution in [1.82, 2.24) is 0 Å². The molecule has 0 N–H and O–H groups in total. The Kier molecular flexibility index (Phi) is 7.10. The molecule has 0 amide bonds. The van der Waals surface area contributed by atoms with Crippen LogP contribution in [0.4, 0.5) is 5.69 Å². The van der Waals surface area contributed by atoms with Crippen LogP contribution >= 0.6 is 0 Å². The summed E-state index contributed by atoms with van der Waals surface area (Å²) >= 11 is 0. The van der Waals surface area contributed by atoms with E-state index in [0.29, 0.717) is 24.5 Å². The smallest absolute Gasteiger partial charge is 0.137 e. The van der Waals surface area contributed by atoms with Crippen LogP contribution in [0, 0.1) is 11.3 Å². The van der Waals surface area contributed by atoms with E-state index in [0.717, 1.165) is 36.0 Å². The standard InChI is InChI=1S/C25H28N2O2/c1-4-13-27(5-2)22-12-11-19-16-21(10-9-20(19)17-22)23-7-6-8-25(24(23)18-26)29-15-14-28-3/h6-12,16-17H,4-5,13-15H2,1-3H3. The first kappa shape index (κ1) is 20.7. The molecule has 0 heterocycles. The van der Waals surface area contributed by atoms with E-state index >= 15 is 0 Å². The van der Waals surface area contributed by atoms with Gasteiger partial charge in [-0.1, -0.05) is 37.3 Å². The Morgan fingerprint density at radius 2 is 1.76 bits per heavy atom. The van der Waals surface area contributed by atoms with Gasteiger partial charge in [0, 0.05) is 31.5 Å². The summed E-state index contributed by atoms with van der Waals surface area (Å²) in [7, 11) is 1.63. The average molecular weight is 389 g/mol. The molecule has 0 aliphatic carbocycles. The highest BCUT2D eigenvalue weighted by Crippen LogP contribution is 2.33. The molecule has 3 aromatic rings. The number of methoxy groups -OCH3 is 1. The number of ether oxygens (including phenoxy) is 2. The van der Waals surface area contributed by atoms with Crippen LogP contribution in [-0.4, -0.2) is 33.4 Å². The van der Waals surface area contributed by atoms with Gasteiger partial charge in [-0.2, -0.15) is 5.26 Å². The molecule has 3 aromatic carbocycles. The summed E-state index contributed by atoms with van der Waals surface area (Å²) in [5, 5.41) is 12.1. The Morgan fingerprint density at radius 3 is 2.48 bits per heavy atom. The fourth-order valence-electron chi connectivity index (χ4n) is 3.58. The highest BCUT2D eigenvalue weighted by molar-refractivity contribution is 5.91. The second-order valence-corrected chi connectivity index (χ2v) is 6.96. The van der Waals surface area contributed by atoms with Gasteiger partial charge in [-0.05, 0) is 53.9 Å². The van der Waals surface area contributed by atoms with Crippen LogP contribution in [0.5, 0.6) is 5.75 Å². The number of hydrogen-bond acceptors (Lipinski definition) is 4. The van der Waals surface area contributed by atoms with Gasteiger partial charge in [-0.25, -0.2) is 0 Å². The van der Waals surface area contributed by atoms with E-state index in [2.05, 4.69) is 61.2 Å². The van der Waals surface area contributed by atoms with Crippen LogP contribution in [0.2, 0.25) is 0 Å². The van der Waals surface area contributed by atoms with E-state index in [1.54, 1.807) is 7.11 Å². The molecule has 4 heteroatoms. The van der Waals surface area contributed by atoms with Gasteiger partial charge in [0.25, 0.3) is 0 Å². The van der Waals surface area contributed by atoms with Gasteiger partial charge in [0.05, 0.1) is 6.61 Å². The van der Waals surface area contributed by atoms with Gasteiger partial charge in [0.2, 0.25) is 0 Å². The molecule has 0 spiro atoms. The van der Waals surface area contributed by atoms with Crippen molar-refractivity contribution in [3.63, 3.8) is 0 Å². The second kappa shape index (κ2) is 9.95. The van der Waals surface area contributed by atoms with E-state index in [9.17, 15) is 5.26 Å². The zero-order valence-electron chi connectivity index (χ0n) is 17.4. The molecule has 0 unspecified atom stereocenters. The monoisotopic (exact) mass is 388 g/mol. The number of fused-ring (bicyclic) bond motifs is 1. The zero-order valence-corrected chi connectivity index (χ0v) is 17.4. The fourth-order valence-corrected chi connectivity index (χ4v) is 3.58. The summed E-state index contributed by atoms with van der Waals surface area (Å²) in [5.41, 5.74) is 3.70. The Bertz CT molecular complexity index is 1010. The third-order valence-corrected chi connectivity index (χ3v) is 5.06. The SMILES string of the molecule is CCCN(CC)c1ccc2cc(-c3cccc(OCCOC)c3C#N)ccc2c1. The van der Waals surface area contributed by atoms with Gasteiger partial charge in [0.1, 0.15) is 24.0 Å². The summed E-state index contributed by atoms with van der Waals surface area (Å²) in [4.78, 5) is 2.39. The molecule has 0 aromatic heterocycles. The molecule has 0 saturated heterocycles. The summed E-state index contributed by atoms with van der Waals surface area (Å²) in [5.74, 6) is 0.593. The van der Waals surface area contributed by atoms with E-state index in [1.807, 2.05) is 18.2 Å². The van der Waals surface area contributed by atoms with Crippen LogP contribution < -0.4 is 9.64 Å². The second-order valence-electron chi connectivity index (χ2n) is 6.96. The molecule has 150 valence electrons. The lowest BCUT2D eigenvalue weighted by molar-refractivity contribution is 0.146. The lowest BCUT2D eigenvalue weighted by Crippen LogP contribution is -2.23. The van der Waals surface area contributed by atoms with Crippen LogP contribution in [0.25, 0.3) is 21.9 Å². The Balaban J connectivity index is 1.96. The van der Waals surface area contributed by atoms with Gasteiger partial charge in [-0.15, -0.1) is 0 Å². The van der Waals surface area contributed by atoms with Crippen LogP contribution in [-0.2, 0) is 4.74 Å². The maximum atomic E-state index is 9.74. The van der Waals surface area contributed by atoms with E-state index in [1.165, 1.54) is 11.1 Å². The number of nitriles is 1. The molecule has 0 bridgehead atoms. The largest absolute Gasteiger partial charge is 0.490 e. The normalized spacial score (nSPS) is 10.7. The number of anilines is 1. The summed E-state index contributed by atoms with van der Waals surface area (Å²) in [6, 6.07) is 21.0. The molecule has 0 saturated carbocycles. The predicted molar refractivity (Wildman–Crippen MR) is 120 cm³/mol. The lowest BCUT2D eigenvalue weighted by atomic mass is 9.97. The summed E-state index contributed by atoms with van der Waals surface area (Å²) in [6.45, 7) is 7.35. The number of rotatable bonds is 9. The average Bonchev–Trinajstić information content (AvgIpc) is 2.76. The summed E-state index contributed by atoms with van der Waals surface area (Å²) < 4.78 is 10.8. The first-order valence-corrected chi connectivity index (χ1v) is 10.2. The van der Waals surface area contributed by atoms with Crippen molar-refractivity contribution in [3.8, 4) is 22.9 Å². The van der Waals surface area contributed by atoms with Crippen molar-refractivity contribution in [2.24, 2.45) is 0 Å². The molecule has 0 atom stereocenters. The molecule has 4 nitrogen and oxygen atoms in total. The zero-order chi connectivity index (χ0) is 20.6. The van der Waals surface area contributed by atoms with Crippen LogP contribution in [0.1, 0.15) is 25.8 Å². The fraction of sp³-hybridized carbons (Fsp3) is 0.320.